The van der Waals surface area contributed by atoms with E-state index in [2.05, 4.69) is 4.74 Å². The molecule has 0 saturated carbocycles. The molecule has 0 amide bonds. The second-order valence-corrected chi connectivity index (χ2v) is 4.08. The van der Waals surface area contributed by atoms with E-state index in [1.54, 1.807) is 16.8 Å². The summed E-state index contributed by atoms with van der Waals surface area (Å²) in [6.07, 6.45) is 1.65. The number of anilines is 1. The van der Waals surface area contributed by atoms with Gasteiger partial charge in [-0.3, -0.25) is 0 Å². The lowest BCUT2D eigenvalue weighted by Gasteiger charge is -2.08. The maximum Gasteiger partial charge on any atom is 0.354 e. The molecule has 0 unspecified atom stereocenters. The Labute approximate surface area is 111 Å². The summed E-state index contributed by atoms with van der Waals surface area (Å²) >= 11 is 0. The summed E-state index contributed by atoms with van der Waals surface area (Å²) in [5, 5.41) is 0. The van der Waals surface area contributed by atoms with Gasteiger partial charge in [-0.2, -0.15) is 0 Å². The van der Waals surface area contributed by atoms with E-state index in [4.69, 9.17) is 10.5 Å². The molecule has 2 rings (SSSR count). The SMILES string of the molecule is COC(=O)c1cc(N)cn1COCc1ccccc1. The molecule has 0 aliphatic rings. The lowest BCUT2D eigenvalue weighted by molar-refractivity contribution is 0.0487. The minimum Gasteiger partial charge on any atom is -0.464 e. The minimum absolute atomic E-state index is 0.247. The van der Waals surface area contributed by atoms with Crippen molar-refractivity contribution in [2.45, 2.75) is 13.3 Å². The first-order chi connectivity index (χ1) is 9.20. The zero-order valence-corrected chi connectivity index (χ0v) is 10.7. The monoisotopic (exact) mass is 260 g/mol. The number of methoxy groups -OCH3 is 1. The second-order valence-electron chi connectivity index (χ2n) is 4.08. The number of carbonyl (C=O) groups excluding carboxylic acids is 1. The maximum atomic E-state index is 11.5. The molecule has 1 aromatic carbocycles. The Bertz CT molecular complexity index is 549. The van der Waals surface area contributed by atoms with Crippen LogP contribution in [0.15, 0.2) is 42.6 Å². The van der Waals surface area contributed by atoms with Crippen molar-refractivity contribution >= 4 is 11.7 Å². The Hall–Kier alpha value is -2.27. The van der Waals surface area contributed by atoms with Crippen LogP contribution in [0, 0.1) is 0 Å². The minimum atomic E-state index is -0.431. The molecule has 19 heavy (non-hydrogen) atoms. The van der Waals surface area contributed by atoms with Gasteiger partial charge in [0.2, 0.25) is 0 Å². The quantitative estimate of drug-likeness (QED) is 0.835. The van der Waals surface area contributed by atoms with E-state index >= 15 is 0 Å². The molecule has 0 saturated heterocycles. The fourth-order valence-corrected chi connectivity index (χ4v) is 1.75. The molecule has 1 heterocycles. The van der Waals surface area contributed by atoms with Gasteiger partial charge in [0.15, 0.2) is 0 Å². The van der Waals surface area contributed by atoms with Crippen LogP contribution in [-0.4, -0.2) is 17.6 Å². The lowest BCUT2D eigenvalue weighted by Crippen LogP contribution is -2.11. The van der Waals surface area contributed by atoms with Crippen LogP contribution < -0.4 is 5.73 Å². The van der Waals surface area contributed by atoms with Crippen molar-refractivity contribution in [1.82, 2.24) is 4.57 Å². The van der Waals surface area contributed by atoms with Crippen molar-refractivity contribution in [3.63, 3.8) is 0 Å². The van der Waals surface area contributed by atoms with Crippen molar-refractivity contribution in [2.75, 3.05) is 12.8 Å². The molecule has 0 spiro atoms. The Morgan fingerprint density at radius 3 is 2.74 bits per heavy atom. The highest BCUT2D eigenvalue weighted by Crippen LogP contribution is 2.12. The Kier molecular flexibility index (Phi) is 4.20. The largest absolute Gasteiger partial charge is 0.464 e. The first-order valence-corrected chi connectivity index (χ1v) is 5.86. The normalized spacial score (nSPS) is 10.4. The first-order valence-electron chi connectivity index (χ1n) is 5.86. The summed E-state index contributed by atoms with van der Waals surface area (Å²) in [6.45, 7) is 0.718. The molecule has 0 bridgehead atoms. The predicted molar refractivity (Wildman–Crippen MR) is 71.4 cm³/mol. The third-order valence-electron chi connectivity index (χ3n) is 2.65. The molecular weight excluding hydrogens is 244 g/mol. The van der Waals surface area contributed by atoms with Gasteiger partial charge in [0.1, 0.15) is 12.4 Å². The molecule has 0 aliphatic heterocycles. The zero-order chi connectivity index (χ0) is 13.7. The number of ether oxygens (including phenoxy) is 2. The smallest absolute Gasteiger partial charge is 0.354 e. The fourth-order valence-electron chi connectivity index (χ4n) is 1.75. The summed E-state index contributed by atoms with van der Waals surface area (Å²) in [5.41, 5.74) is 7.63. The van der Waals surface area contributed by atoms with Crippen molar-refractivity contribution in [3.8, 4) is 0 Å². The number of hydrogen-bond acceptors (Lipinski definition) is 4. The van der Waals surface area contributed by atoms with Crippen LogP contribution in [-0.2, 0) is 22.8 Å². The van der Waals surface area contributed by atoms with E-state index in [0.29, 0.717) is 18.0 Å². The highest BCUT2D eigenvalue weighted by molar-refractivity contribution is 5.88. The van der Waals surface area contributed by atoms with Crippen LogP contribution in [0.3, 0.4) is 0 Å². The number of aromatic nitrogens is 1. The van der Waals surface area contributed by atoms with Gasteiger partial charge in [-0.25, -0.2) is 4.79 Å². The van der Waals surface area contributed by atoms with Gasteiger partial charge in [-0.05, 0) is 11.6 Å². The molecule has 0 atom stereocenters. The molecule has 5 nitrogen and oxygen atoms in total. The Balaban J connectivity index is 1.98. The zero-order valence-electron chi connectivity index (χ0n) is 10.7. The average molecular weight is 260 g/mol. The van der Waals surface area contributed by atoms with Gasteiger partial charge in [0.05, 0.1) is 19.4 Å². The molecule has 2 aromatic rings. The van der Waals surface area contributed by atoms with E-state index < -0.39 is 5.97 Å². The van der Waals surface area contributed by atoms with Gasteiger partial charge < -0.3 is 19.8 Å². The highest BCUT2D eigenvalue weighted by atomic mass is 16.5. The topological polar surface area (TPSA) is 66.5 Å². The van der Waals surface area contributed by atoms with Crippen LogP contribution in [0.5, 0.6) is 0 Å². The number of benzene rings is 1. The summed E-state index contributed by atoms with van der Waals surface area (Å²) < 4.78 is 11.9. The highest BCUT2D eigenvalue weighted by Gasteiger charge is 2.12. The van der Waals surface area contributed by atoms with Crippen LogP contribution >= 0.6 is 0 Å². The summed E-state index contributed by atoms with van der Waals surface area (Å²) in [7, 11) is 1.33. The molecule has 0 radical (unpaired) electrons. The third-order valence-corrected chi connectivity index (χ3v) is 2.65. The molecule has 100 valence electrons. The molecule has 5 heteroatoms. The van der Waals surface area contributed by atoms with Crippen molar-refractivity contribution in [1.29, 1.82) is 0 Å². The number of rotatable bonds is 5. The van der Waals surface area contributed by atoms with E-state index in [1.807, 2.05) is 30.3 Å². The number of nitrogens with two attached hydrogens (primary N) is 1. The van der Waals surface area contributed by atoms with Gasteiger partial charge in [-0.1, -0.05) is 30.3 Å². The molecule has 1 aromatic heterocycles. The molecule has 0 aliphatic carbocycles. The standard InChI is InChI=1S/C14H16N2O3/c1-18-14(17)13-7-12(15)8-16(13)10-19-9-11-5-3-2-4-6-11/h2-8H,9-10,15H2,1H3. The first kappa shape index (κ1) is 13.2. The van der Waals surface area contributed by atoms with Crippen LogP contribution in [0.2, 0.25) is 0 Å². The van der Waals surface area contributed by atoms with E-state index in [-0.39, 0.29) is 6.73 Å². The van der Waals surface area contributed by atoms with Crippen LogP contribution in [0.25, 0.3) is 0 Å². The van der Waals surface area contributed by atoms with Crippen molar-refractivity contribution < 1.29 is 14.3 Å². The number of esters is 1. The number of hydrogen-bond donors (Lipinski definition) is 1. The van der Waals surface area contributed by atoms with E-state index in [1.165, 1.54) is 7.11 Å². The number of carbonyl (C=O) groups is 1. The van der Waals surface area contributed by atoms with E-state index in [9.17, 15) is 4.79 Å². The van der Waals surface area contributed by atoms with Gasteiger partial charge in [0, 0.05) is 6.20 Å². The summed E-state index contributed by atoms with van der Waals surface area (Å²) in [4.78, 5) is 11.5. The molecular formula is C14H16N2O3. The molecule has 2 N–H and O–H groups in total. The Morgan fingerprint density at radius 2 is 2.05 bits per heavy atom. The molecule has 0 fully saturated rings. The Morgan fingerprint density at radius 1 is 1.32 bits per heavy atom. The second kappa shape index (κ2) is 6.06. The third kappa shape index (κ3) is 3.35. The van der Waals surface area contributed by atoms with E-state index in [0.717, 1.165) is 5.56 Å². The average Bonchev–Trinajstić information content (AvgIpc) is 2.80. The maximum absolute atomic E-state index is 11.5. The lowest BCUT2D eigenvalue weighted by atomic mass is 10.2. The summed E-state index contributed by atoms with van der Waals surface area (Å²) in [5.74, 6) is -0.431. The number of nitrogen functional groups attached to an aromatic ring is 1. The summed E-state index contributed by atoms with van der Waals surface area (Å²) in [6, 6.07) is 11.4. The van der Waals surface area contributed by atoms with Crippen molar-refractivity contribution in [3.05, 3.63) is 53.9 Å². The predicted octanol–water partition coefficient (Wildman–Crippen LogP) is 2.03. The van der Waals surface area contributed by atoms with Crippen molar-refractivity contribution in [2.24, 2.45) is 0 Å². The number of nitrogens with zero attached hydrogens (tertiary/aromatic N) is 1. The fraction of sp³-hybridized carbons (Fsp3) is 0.214. The van der Waals surface area contributed by atoms with Gasteiger partial charge >= 0.3 is 5.97 Å². The van der Waals surface area contributed by atoms with Crippen LogP contribution in [0.4, 0.5) is 5.69 Å². The van der Waals surface area contributed by atoms with Crippen LogP contribution in [0.1, 0.15) is 16.1 Å². The van der Waals surface area contributed by atoms with Gasteiger partial charge in [0.25, 0.3) is 0 Å². The van der Waals surface area contributed by atoms with Gasteiger partial charge in [-0.15, -0.1) is 0 Å².